The number of thioether (sulfide) groups is 1. The maximum atomic E-state index is 9.96. The summed E-state index contributed by atoms with van der Waals surface area (Å²) in [5, 5.41) is 27.7. The topological polar surface area (TPSA) is 170 Å². The maximum Gasteiger partial charge on any atom is 2.00 e. The molecule has 0 amide bonds. The van der Waals surface area contributed by atoms with E-state index in [9.17, 15) is 24.6 Å². The molecule has 0 aliphatic rings. The summed E-state index contributed by atoms with van der Waals surface area (Å²) in [6.07, 6.45) is 1.80. The third kappa shape index (κ3) is 17.3. The monoisotopic (exact) mass is 344 g/mol. The minimum Gasteiger partial charge on any atom is -0.548 e. The number of nitrogens with two attached hydrogens (primary N) is 2. The van der Waals surface area contributed by atoms with Crippen molar-refractivity contribution in [2.75, 3.05) is 12.0 Å². The second kappa shape index (κ2) is 13.7. The Bertz CT molecular complexity index is 292. The van der Waals surface area contributed by atoms with Gasteiger partial charge in [-0.25, -0.2) is 0 Å². The van der Waals surface area contributed by atoms with Gasteiger partial charge in [0.05, 0.1) is 24.4 Å². The Balaban J connectivity index is -0.000000256. The van der Waals surface area contributed by atoms with Crippen molar-refractivity contribution in [1.82, 2.24) is 0 Å². The normalized spacial score (nSPS) is 12.2. The molecule has 0 aliphatic carbocycles. The molecule has 0 aromatic heterocycles. The van der Waals surface area contributed by atoms with Crippen LogP contribution < -0.4 is 21.7 Å². The molecule has 0 aromatic rings. The summed E-state index contributed by atoms with van der Waals surface area (Å²) in [5.41, 5.74) is 9.90. The predicted molar refractivity (Wildman–Crippen MR) is 61.2 cm³/mol. The van der Waals surface area contributed by atoms with Gasteiger partial charge in [0.15, 0.2) is 0 Å². The molecule has 0 spiro atoms. The number of hydrogen-bond acceptors (Lipinski definition) is 8. The van der Waals surface area contributed by atoms with Gasteiger partial charge in [0.1, 0.15) is 0 Å². The van der Waals surface area contributed by atoms with Crippen LogP contribution in [0.3, 0.4) is 0 Å². The van der Waals surface area contributed by atoms with Gasteiger partial charge >= 0.3 is 25.4 Å². The van der Waals surface area contributed by atoms with Crippen molar-refractivity contribution >= 4 is 29.7 Å². The number of carboxylic acids is 3. The van der Waals surface area contributed by atoms with Crippen LogP contribution in [-0.4, -0.2) is 47.1 Å². The Morgan fingerprint density at radius 2 is 1.58 bits per heavy atom. The van der Waals surface area contributed by atoms with Crippen molar-refractivity contribution in [3.63, 3.8) is 0 Å². The molecule has 0 bridgehead atoms. The molecule has 0 fully saturated rings. The van der Waals surface area contributed by atoms with Gasteiger partial charge in [-0.15, -0.1) is 0 Å². The van der Waals surface area contributed by atoms with Crippen molar-refractivity contribution in [1.29, 1.82) is 0 Å². The fraction of sp³-hybridized carbons (Fsp3) is 0.667. The molecular formula is C9H16N2O6SZn. The van der Waals surface area contributed by atoms with Crippen molar-refractivity contribution in [3.8, 4) is 0 Å². The number of carbonyl (C=O) groups excluding carboxylic acids is 2. The van der Waals surface area contributed by atoms with Crippen LogP contribution in [0.1, 0.15) is 12.8 Å². The van der Waals surface area contributed by atoms with Crippen molar-refractivity contribution in [3.05, 3.63) is 0 Å². The quantitative estimate of drug-likeness (QED) is 0.393. The zero-order valence-corrected chi connectivity index (χ0v) is 14.3. The molecule has 0 saturated heterocycles. The van der Waals surface area contributed by atoms with Crippen LogP contribution in [0.4, 0.5) is 0 Å². The molecule has 10 heteroatoms. The molecule has 106 valence electrons. The van der Waals surface area contributed by atoms with Gasteiger partial charge < -0.3 is 36.4 Å². The molecule has 0 heterocycles. The first kappa shape index (κ1) is 23.4. The average molecular weight is 346 g/mol. The molecule has 2 atom stereocenters. The molecule has 0 unspecified atom stereocenters. The van der Waals surface area contributed by atoms with Crippen LogP contribution in [0, 0.1) is 0 Å². The average Bonchev–Trinajstić information content (AvgIpc) is 2.25. The number of carbonyl (C=O) groups is 3. The first-order chi connectivity index (χ1) is 8.22. The maximum absolute atomic E-state index is 9.96. The molecule has 0 rings (SSSR count). The van der Waals surface area contributed by atoms with Gasteiger partial charge in [0.2, 0.25) is 0 Å². The molecule has 0 aromatic carbocycles. The van der Waals surface area contributed by atoms with E-state index in [4.69, 9.17) is 16.6 Å². The van der Waals surface area contributed by atoms with Crippen LogP contribution in [0.2, 0.25) is 0 Å². The Labute approximate surface area is 127 Å². The summed E-state index contributed by atoms with van der Waals surface area (Å²) in [6, 6.07) is -2.19. The fourth-order valence-corrected chi connectivity index (χ4v) is 1.12. The van der Waals surface area contributed by atoms with E-state index in [0.29, 0.717) is 6.42 Å². The van der Waals surface area contributed by atoms with Crippen LogP contribution in [0.15, 0.2) is 0 Å². The van der Waals surface area contributed by atoms with E-state index in [2.05, 4.69) is 0 Å². The van der Waals surface area contributed by atoms with Gasteiger partial charge in [-0.05, 0) is 18.4 Å². The third-order valence-electron chi connectivity index (χ3n) is 1.63. The van der Waals surface area contributed by atoms with E-state index in [0.717, 1.165) is 5.75 Å². The van der Waals surface area contributed by atoms with E-state index in [1.54, 1.807) is 11.8 Å². The number of aliphatic carboxylic acids is 3. The van der Waals surface area contributed by atoms with Crippen molar-refractivity contribution < 1.29 is 49.2 Å². The second-order valence-corrected chi connectivity index (χ2v) is 4.22. The zero-order chi connectivity index (χ0) is 14.7. The van der Waals surface area contributed by atoms with Gasteiger partial charge in [0, 0.05) is 6.04 Å². The van der Waals surface area contributed by atoms with E-state index in [-0.39, 0.29) is 19.5 Å². The summed E-state index contributed by atoms with van der Waals surface area (Å²) in [7, 11) is 0. The summed E-state index contributed by atoms with van der Waals surface area (Å²) < 4.78 is 0. The van der Waals surface area contributed by atoms with Crippen LogP contribution in [-0.2, 0) is 33.9 Å². The Morgan fingerprint density at radius 1 is 1.16 bits per heavy atom. The fourth-order valence-electron chi connectivity index (χ4n) is 0.634. The molecule has 0 radical (unpaired) electrons. The van der Waals surface area contributed by atoms with Crippen LogP contribution >= 0.6 is 11.8 Å². The molecule has 8 nitrogen and oxygen atoms in total. The van der Waals surface area contributed by atoms with E-state index in [1.807, 2.05) is 6.26 Å². The van der Waals surface area contributed by atoms with Crippen molar-refractivity contribution in [2.24, 2.45) is 11.5 Å². The van der Waals surface area contributed by atoms with Crippen LogP contribution in [0.25, 0.3) is 0 Å². The van der Waals surface area contributed by atoms with E-state index >= 15 is 0 Å². The first-order valence-corrected chi connectivity index (χ1v) is 6.25. The molecule has 19 heavy (non-hydrogen) atoms. The smallest absolute Gasteiger partial charge is 0.548 e. The van der Waals surface area contributed by atoms with Gasteiger partial charge in [0.25, 0.3) is 0 Å². The van der Waals surface area contributed by atoms with E-state index < -0.39 is 36.4 Å². The molecule has 0 saturated carbocycles. The summed E-state index contributed by atoms with van der Waals surface area (Å²) in [4.78, 5) is 29.4. The number of hydrogen-bond donors (Lipinski definition) is 3. The van der Waals surface area contributed by atoms with Crippen molar-refractivity contribution in [2.45, 2.75) is 24.9 Å². The Morgan fingerprint density at radius 3 is 1.79 bits per heavy atom. The zero-order valence-electron chi connectivity index (χ0n) is 10.5. The minimum atomic E-state index is -1.54. The SMILES string of the molecule is CSCC[C@H](N)C(=O)[O-].N[C@@H](CC(=O)O)C(=O)[O-].[Zn+2]. The Hall–Kier alpha value is -0.697. The summed E-state index contributed by atoms with van der Waals surface area (Å²) in [6.45, 7) is 0. The third-order valence-corrected chi connectivity index (χ3v) is 2.28. The minimum absolute atomic E-state index is 0. The summed E-state index contributed by atoms with van der Waals surface area (Å²) in [5.74, 6) is -3.18. The molecular weight excluding hydrogens is 330 g/mol. The standard InChI is InChI=1S/C5H11NO2S.C4H7NO4.Zn/c1-9-3-2-4(6)5(7)8;5-2(4(8)9)1-3(6)7;/h4H,2-3,6H2,1H3,(H,7,8);2H,1,5H2,(H,6,7)(H,8,9);/q;;+2/p-2/t4-;2-;/m00./s1. The second-order valence-electron chi connectivity index (χ2n) is 3.23. The van der Waals surface area contributed by atoms with E-state index in [1.165, 1.54) is 0 Å². The van der Waals surface area contributed by atoms with Gasteiger partial charge in [-0.1, -0.05) is 0 Å². The van der Waals surface area contributed by atoms with Gasteiger partial charge in [-0.3, -0.25) is 4.79 Å². The molecule has 0 aliphatic heterocycles. The number of rotatable bonds is 7. The van der Waals surface area contributed by atoms with Crippen LogP contribution in [0.5, 0.6) is 0 Å². The first-order valence-electron chi connectivity index (χ1n) is 4.86. The van der Waals surface area contributed by atoms with Gasteiger partial charge in [-0.2, -0.15) is 11.8 Å². The predicted octanol–water partition coefficient (Wildman–Crippen LogP) is -3.65. The number of carboxylic acid groups (broad SMARTS) is 3. The molecule has 5 N–H and O–H groups in total. The summed E-state index contributed by atoms with van der Waals surface area (Å²) >= 11 is 1.58. The Kier molecular flexibility index (Phi) is 16.9. The largest absolute Gasteiger partial charge is 2.00 e.